The molecule has 0 N–H and O–H groups in total. The van der Waals surface area contributed by atoms with Gasteiger partial charge >= 0.3 is 0 Å². The molecule has 0 saturated carbocycles. The lowest BCUT2D eigenvalue weighted by Crippen LogP contribution is -2.07. The van der Waals surface area contributed by atoms with Gasteiger partial charge in [0, 0.05) is 5.56 Å². The van der Waals surface area contributed by atoms with Crippen LogP contribution in [0.2, 0.25) is 0 Å². The number of methoxy groups -OCH3 is 1. The van der Waals surface area contributed by atoms with Crippen LogP contribution >= 0.6 is 0 Å². The first-order chi connectivity index (χ1) is 10.7. The van der Waals surface area contributed by atoms with E-state index in [0.29, 0.717) is 12.2 Å². The Bertz CT molecular complexity index is 893. The number of hydrogen-bond acceptors (Lipinski definition) is 5. The molecule has 1 aliphatic heterocycles. The largest absolute Gasteiger partial charge is 0.497 e. The van der Waals surface area contributed by atoms with Gasteiger partial charge in [-0.3, -0.25) is 9.36 Å². The Kier molecular flexibility index (Phi) is 2.62. The summed E-state index contributed by atoms with van der Waals surface area (Å²) < 4.78 is 9.16. The molecule has 1 aliphatic rings. The van der Waals surface area contributed by atoms with Crippen molar-refractivity contribution in [2.45, 2.75) is 13.5 Å². The molecule has 0 amide bonds. The second-order valence-electron chi connectivity index (χ2n) is 5.05. The molecule has 22 heavy (non-hydrogen) atoms. The summed E-state index contributed by atoms with van der Waals surface area (Å²) >= 11 is 0. The number of hydrogen-bond donors (Lipinski definition) is 0. The normalized spacial score (nSPS) is 12.1. The second kappa shape index (κ2) is 4.52. The topological polar surface area (TPSA) is 74.8 Å². The zero-order valence-corrected chi connectivity index (χ0v) is 12.1. The highest BCUT2D eigenvalue weighted by Crippen LogP contribution is 2.34. The minimum Gasteiger partial charge on any atom is -0.497 e. The fourth-order valence-electron chi connectivity index (χ4n) is 2.77. The van der Waals surface area contributed by atoms with Gasteiger partial charge in [-0.1, -0.05) is 0 Å². The van der Waals surface area contributed by atoms with Crippen molar-refractivity contribution in [2.24, 2.45) is 0 Å². The van der Waals surface area contributed by atoms with Crippen molar-refractivity contribution in [3.05, 3.63) is 41.7 Å². The summed E-state index contributed by atoms with van der Waals surface area (Å²) in [5.41, 5.74) is 2.84. The molecule has 109 valence electrons. The Labute approximate surface area is 126 Å². The molecule has 3 heterocycles. The van der Waals surface area contributed by atoms with E-state index in [4.69, 9.17) is 4.74 Å². The van der Waals surface area contributed by atoms with E-state index < -0.39 is 0 Å². The van der Waals surface area contributed by atoms with E-state index in [0.717, 1.165) is 34.3 Å². The van der Waals surface area contributed by atoms with Crippen LogP contribution in [0.15, 0.2) is 24.5 Å². The molecule has 0 bridgehead atoms. The van der Waals surface area contributed by atoms with Gasteiger partial charge in [0.2, 0.25) is 0 Å². The molecule has 0 fully saturated rings. The van der Waals surface area contributed by atoms with Crippen LogP contribution in [0.5, 0.6) is 5.75 Å². The molecule has 3 aromatic rings. The van der Waals surface area contributed by atoms with Crippen molar-refractivity contribution in [1.82, 2.24) is 24.3 Å². The van der Waals surface area contributed by atoms with Crippen LogP contribution in [0, 0.1) is 6.92 Å². The number of aryl methyl sites for hydroxylation is 1. The van der Waals surface area contributed by atoms with Crippen molar-refractivity contribution in [3.8, 4) is 22.8 Å². The van der Waals surface area contributed by atoms with Crippen LogP contribution in [0.25, 0.3) is 17.1 Å². The second-order valence-corrected chi connectivity index (χ2v) is 5.05. The first kappa shape index (κ1) is 12.8. The summed E-state index contributed by atoms with van der Waals surface area (Å²) in [7, 11) is 1.62. The Morgan fingerprint density at radius 1 is 1.32 bits per heavy atom. The van der Waals surface area contributed by atoms with E-state index in [2.05, 4.69) is 15.2 Å². The van der Waals surface area contributed by atoms with Crippen LogP contribution in [0.4, 0.5) is 0 Å². The third-order valence-corrected chi connectivity index (χ3v) is 3.91. The molecule has 0 atom stereocenters. The van der Waals surface area contributed by atoms with Crippen LogP contribution in [-0.2, 0) is 11.3 Å². The number of fused-ring (bicyclic) bond motifs is 5. The number of benzene rings is 1. The minimum atomic E-state index is 0.308. The van der Waals surface area contributed by atoms with Crippen molar-refractivity contribution in [1.29, 1.82) is 0 Å². The van der Waals surface area contributed by atoms with Gasteiger partial charge in [-0.05, 0) is 25.1 Å². The molecule has 1 aromatic carbocycles. The molecule has 7 nitrogen and oxygen atoms in total. The zero-order chi connectivity index (χ0) is 15.3. The third kappa shape index (κ3) is 1.62. The van der Waals surface area contributed by atoms with Crippen LogP contribution in [0.3, 0.4) is 0 Å². The minimum absolute atomic E-state index is 0.308. The number of ether oxygens (including phenoxy) is 1. The van der Waals surface area contributed by atoms with E-state index in [1.807, 2.05) is 40.5 Å². The molecule has 4 rings (SSSR count). The van der Waals surface area contributed by atoms with Gasteiger partial charge in [0.25, 0.3) is 6.29 Å². The van der Waals surface area contributed by atoms with Crippen LogP contribution < -0.4 is 4.74 Å². The molecule has 0 unspecified atom stereocenters. The fraction of sp³-hybridized carbons (Fsp3) is 0.200. The highest BCUT2D eigenvalue weighted by molar-refractivity contribution is 5.77. The number of carbonyl (C=O) groups excluding carboxylic acids is 1. The standard InChI is InChI=1S/C15H12N5O2/c1-9-17-18-15-11-5-10(22-2)3-4-13(11)20-8-16-12(7-21)14(20)6-19(9)15/h3-5,8H,6H2,1-2H3. The highest BCUT2D eigenvalue weighted by Gasteiger charge is 2.25. The Morgan fingerprint density at radius 3 is 2.95 bits per heavy atom. The summed E-state index contributed by atoms with van der Waals surface area (Å²) in [6, 6.07) is 5.70. The molecule has 0 saturated heterocycles. The van der Waals surface area contributed by atoms with Gasteiger partial charge in [0.05, 0.1) is 25.0 Å². The van der Waals surface area contributed by atoms with Gasteiger partial charge in [-0.15, -0.1) is 10.2 Å². The molecule has 0 aliphatic carbocycles. The summed E-state index contributed by atoms with van der Waals surface area (Å²) in [4.78, 5) is 15.3. The summed E-state index contributed by atoms with van der Waals surface area (Å²) in [6.07, 6.45) is 3.53. The molecular weight excluding hydrogens is 282 g/mol. The van der Waals surface area contributed by atoms with Crippen molar-refractivity contribution in [2.75, 3.05) is 7.11 Å². The van der Waals surface area contributed by atoms with Crippen LogP contribution in [-0.4, -0.2) is 37.7 Å². The van der Waals surface area contributed by atoms with E-state index >= 15 is 0 Å². The van der Waals surface area contributed by atoms with Gasteiger partial charge in [0.1, 0.15) is 23.6 Å². The fourth-order valence-corrected chi connectivity index (χ4v) is 2.77. The Morgan fingerprint density at radius 2 is 2.18 bits per heavy atom. The zero-order valence-electron chi connectivity index (χ0n) is 12.1. The highest BCUT2D eigenvalue weighted by atomic mass is 16.5. The SMILES string of the molecule is COc1ccc2c(c1)-c1nnc(C)n1Cc1c([C]=O)ncn1-2. The van der Waals surface area contributed by atoms with Crippen molar-refractivity contribution < 1.29 is 9.53 Å². The van der Waals surface area contributed by atoms with E-state index in [1.54, 1.807) is 13.4 Å². The number of nitrogens with zero attached hydrogens (tertiary/aromatic N) is 5. The first-order valence-corrected chi connectivity index (χ1v) is 6.76. The lowest BCUT2D eigenvalue weighted by Gasteiger charge is -2.09. The van der Waals surface area contributed by atoms with Gasteiger partial charge in [-0.2, -0.15) is 0 Å². The average Bonchev–Trinajstić information content (AvgIpc) is 3.08. The van der Waals surface area contributed by atoms with E-state index in [1.165, 1.54) is 0 Å². The smallest absolute Gasteiger partial charge is 0.255 e. The summed E-state index contributed by atoms with van der Waals surface area (Å²) in [5, 5.41) is 8.43. The average molecular weight is 294 g/mol. The molecule has 7 heteroatoms. The lowest BCUT2D eigenvalue weighted by molar-refractivity contribution is 0.415. The number of imidazole rings is 1. The van der Waals surface area contributed by atoms with Gasteiger partial charge in [0.15, 0.2) is 5.82 Å². The van der Waals surface area contributed by atoms with E-state index in [9.17, 15) is 4.79 Å². The number of rotatable bonds is 2. The molecule has 2 aromatic heterocycles. The quantitative estimate of drug-likeness (QED) is 0.556. The van der Waals surface area contributed by atoms with E-state index in [-0.39, 0.29) is 0 Å². The van der Waals surface area contributed by atoms with Gasteiger partial charge < -0.3 is 9.30 Å². The first-order valence-electron chi connectivity index (χ1n) is 6.76. The predicted octanol–water partition coefficient (Wildman–Crippen LogP) is 1.27. The molecular formula is C15H12N5O2. The predicted molar refractivity (Wildman–Crippen MR) is 77.8 cm³/mol. The molecule has 1 radical (unpaired) electrons. The number of aromatic nitrogens is 5. The van der Waals surface area contributed by atoms with Gasteiger partial charge in [-0.25, -0.2) is 4.98 Å². The summed E-state index contributed by atoms with van der Waals surface area (Å²) in [5.74, 6) is 2.25. The maximum atomic E-state index is 11.1. The van der Waals surface area contributed by atoms with Crippen molar-refractivity contribution >= 4 is 6.29 Å². The summed E-state index contributed by atoms with van der Waals surface area (Å²) in [6.45, 7) is 2.35. The van der Waals surface area contributed by atoms with Crippen molar-refractivity contribution in [3.63, 3.8) is 0 Å². The maximum Gasteiger partial charge on any atom is 0.255 e. The molecule has 0 spiro atoms. The Balaban J connectivity index is 2.09. The van der Waals surface area contributed by atoms with Crippen LogP contribution in [0.1, 0.15) is 17.2 Å². The Hall–Kier alpha value is -2.96. The maximum absolute atomic E-state index is 11.1. The monoisotopic (exact) mass is 294 g/mol. The lowest BCUT2D eigenvalue weighted by atomic mass is 10.1. The third-order valence-electron chi connectivity index (χ3n) is 3.91.